The molecule has 11 heavy (non-hydrogen) atoms. The molecule has 0 spiro atoms. The van der Waals surface area contributed by atoms with Gasteiger partial charge in [-0.25, -0.2) is 0 Å². The first kappa shape index (κ1) is 8.75. The van der Waals surface area contributed by atoms with Gasteiger partial charge in [0.15, 0.2) is 0 Å². The fourth-order valence-corrected chi connectivity index (χ4v) is 1.49. The highest BCUT2D eigenvalue weighted by molar-refractivity contribution is 5.04. The van der Waals surface area contributed by atoms with Crippen molar-refractivity contribution in [1.29, 1.82) is 0 Å². The highest BCUT2D eigenvalue weighted by Gasteiger charge is 2.16. The number of hydrogen-bond acceptors (Lipinski definition) is 2. The normalized spacial score (nSPS) is 23.9. The van der Waals surface area contributed by atoms with Gasteiger partial charge >= 0.3 is 0 Å². The Balaban J connectivity index is 2.17. The van der Waals surface area contributed by atoms with Crippen LogP contribution >= 0.6 is 0 Å². The van der Waals surface area contributed by atoms with Gasteiger partial charge in [-0.3, -0.25) is 0 Å². The molecular formula is C9H18N2. The highest BCUT2D eigenvalue weighted by Crippen LogP contribution is 2.18. The van der Waals surface area contributed by atoms with E-state index in [0.717, 1.165) is 25.4 Å². The summed E-state index contributed by atoms with van der Waals surface area (Å²) in [4.78, 5) is 0. The zero-order chi connectivity index (χ0) is 8.10. The summed E-state index contributed by atoms with van der Waals surface area (Å²) in [6.07, 6.45) is 2.41. The Morgan fingerprint density at radius 1 is 1.73 bits per heavy atom. The van der Waals surface area contributed by atoms with E-state index in [-0.39, 0.29) is 0 Å². The predicted octanol–water partition coefficient (Wildman–Crippen LogP) is 0.762. The van der Waals surface area contributed by atoms with Gasteiger partial charge in [-0.2, -0.15) is 0 Å². The monoisotopic (exact) mass is 154 g/mol. The Morgan fingerprint density at radius 3 is 3.09 bits per heavy atom. The first-order chi connectivity index (χ1) is 5.34. The molecular weight excluding hydrogens is 136 g/mol. The second kappa shape index (κ2) is 4.52. The van der Waals surface area contributed by atoms with Crippen molar-refractivity contribution in [2.75, 3.05) is 26.7 Å². The van der Waals surface area contributed by atoms with Crippen LogP contribution in [0.4, 0.5) is 0 Å². The molecule has 0 aliphatic carbocycles. The van der Waals surface area contributed by atoms with Gasteiger partial charge in [-0.1, -0.05) is 12.2 Å². The number of rotatable bonds is 4. The standard InChI is InChI=1S/C9H18N2/c1-8(3-5-10-2)9-4-6-11-7-9/h9-11H,1,3-7H2,2H3. The number of nitrogens with one attached hydrogen (secondary N) is 2. The van der Waals surface area contributed by atoms with Gasteiger partial charge in [0.1, 0.15) is 0 Å². The van der Waals surface area contributed by atoms with Crippen LogP contribution in [0.1, 0.15) is 12.8 Å². The second-order valence-corrected chi connectivity index (χ2v) is 3.20. The molecule has 1 unspecified atom stereocenters. The number of hydrogen-bond donors (Lipinski definition) is 2. The summed E-state index contributed by atoms with van der Waals surface area (Å²) in [5.41, 5.74) is 1.41. The first-order valence-corrected chi connectivity index (χ1v) is 4.37. The zero-order valence-electron chi connectivity index (χ0n) is 7.32. The van der Waals surface area contributed by atoms with Crippen LogP contribution in [0.25, 0.3) is 0 Å². The minimum atomic E-state index is 0.739. The quantitative estimate of drug-likeness (QED) is 0.584. The Hall–Kier alpha value is -0.340. The third-order valence-corrected chi connectivity index (χ3v) is 2.33. The summed E-state index contributed by atoms with van der Waals surface area (Å²) in [6, 6.07) is 0. The molecule has 1 aliphatic heterocycles. The summed E-state index contributed by atoms with van der Waals surface area (Å²) >= 11 is 0. The molecule has 1 fully saturated rings. The molecule has 1 rings (SSSR count). The van der Waals surface area contributed by atoms with Crippen LogP contribution in [0.15, 0.2) is 12.2 Å². The lowest BCUT2D eigenvalue weighted by Gasteiger charge is -2.11. The van der Waals surface area contributed by atoms with Crippen LogP contribution in [-0.4, -0.2) is 26.7 Å². The zero-order valence-corrected chi connectivity index (χ0v) is 7.32. The van der Waals surface area contributed by atoms with E-state index in [1.165, 1.54) is 18.5 Å². The van der Waals surface area contributed by atoms with Gasteiger partial charge in [0.25, 0.3) is 0 Å². The van der Waals surface area contributed by atoms with Crippen molar-refractivity contribution in [3.8, 4) is 0 Å². The van der Waals surface area contributed by atoms with Crippen molar-refractivity contribution in [1.82, 2.24) is 10.6 Å². The van der Waals surface area contributed by atoms with E-state index in [1.54, 1.807) is 0 Å². The van der Waals surface area contributed by atoms with Gasteiger partial charge in [0.2, 0.25) is 0 Å². The van der Waals surface area contributed by atoms with Crippen LogP contribution in [0.2, 0.25) is 0 Å². The van der Waals surface area contributed by atoms with Gasteiger partial charge in [-0.15, -0.1) is 0 Å². The molecule has 2 nitrogen and oxygen atoms in total. The van der Waals surface area contributed by atoms with Gasteiger partial charge < -0.3 is 10.6 Å². The Bertz CT molecular complexity index is 126. The molecule has 64 valence electrons. The van der Waals surface area contributed by atoms with Crippen LogP contribution in [0, 0.1) is 5.92 Å². The minimum Gasteiger partial charge on any atom is -0.319 e. The van der Waals surface area contributed by atoms with Crippen molar-refractivity contribution >= 4 is 0 Å². The molecule has 0 aromatic carbocycles. The van der Waals surface area contributed by atoms with E-state index in [1.807, 2.05) is 7.05 Å². The molecule has 0 radical (unpaired) electrons. The van der Waals surface area contributed by atoms with Crippen LogP contribution < -0.4 is 10.6 Å². The molecule has 1 saturated heterocycles. The van der Waals surface area contributed by atoms with E-state index in [0.29, 0.717) is 0 Å². The molecule has 1 heterocycles. The maximum Gasteiger partial charge on any atom is 0.00172 e. The lowest BCUT2D eigenvalue weighted by molar-refractivity contribution is 0.632. The van der Waals surface area contributed by atoms with Crippen molar-refractivity contribution < 1.29 is 0 Å². The van der Waals surface area contributed by atoms with Gasteiger partial charge in [0, 0.05) is 6.54 Å². The minimum absolute atomic E-state index is 0.739. The van der Waals surface area contributed by atoms with E-state index in [9.17, 15) is 0 Å². The summed E-state index contributed by atoms with van der Waals surface area (Å²) in [5.74, 6) is 0.739. The average molecular weight is 154 g/mol. The maximum absolute atomic E-state index is 4.09. The van der Waals surface area contributed by atoms with Crippen LogP contribution in [-0.2, 0) is 0 Å². The van der Waals surface area contributed by atoms with E-state index < -0.39 is 0 Å². The molecule has 0 aromatic heterocycles. The van der Waals surface area contributed by atoms with E-state index in [4.69, 9.17) is 0 Å². The van der Waals surface area contributed by atoms with E-state index >= 15 is 0 Å². The van der Waals surface area contributed by atoms with Crippen molar-refractivity contribution in [3.05, 3.63) is 12.2 Å². The molecule has 0 amide bonds. The predicted molar refractivity (Wildman–Crippen MR) is 48.7 cm³/mol. The molecule has 0 aromatic rings. The molecule has 0 saturated carbocycles. The van der Waals surface area contributed by atoms with Gasteiger partial charge in [0.05, 0.1) is 0 Å². The summed E-state index contributed by atoms with van der Waals surface area (Å²) in [5, 5.41) is 6.49. The molecule has 2 heteroatoms. The third kappa shape index (κ3) is 2.64. The van der Waals surface area contributed by atoms with Gasteiger partial charge in [-0.05, 0) is 38.9 Å². The summed E-state index contributed by atoms with van der Waals surface area (Å²) in [7, 11) is 1.99. The lowest BCUT2D eigenvalue weighted by atomic mass is 9.97. The second-order valence-electron chi connectivity index (χ2n) is 3.20. The van der Waals surface area contributed by atoms with Crippen molar-refractivity contribution in [2.45, 2.75) is 12.8 Å². The summed E-state index contributed by atoms with van der Waals surface area (Å²) < 4.78 is 0. The topological polar surface area (TPSA) is 24.1 Å². The summed E-state index contributed by atoms with van der Waals surface area (Å²) in [6.45, 7) is 7.47. The molecule has 1 aliphatic rings. The van der Waals surface area contributed by atoms with Crippen molar-refractivity contribution in [2.24, 2.45) is 5.92 Å². The Kier molecular flexibility index (Phi) is 3.60. The SMILES string of the molecule is C=C(CCNC)C1CCNC1. The molecule has 2 N–H and O–H groups in total. The highest BCUT2D eigenvalue weighted by atomic mass is 14.9. The van der Waals surface area contributed by atoms with E-state index in [2.05, 4.69) is 17.2 Å². The lowest BCUT2D eigenvalue weighted by Crippen LogP contribution is -2.14. The van der Waals surface area contributed by atoms with Crippen LogP contribution in [0.3, 0.4) is 0 Å². The largest absolute Gasteiger partial charge is 0.319 e. The van der Waals surface area contributed by atoms with Crippen molar-refractivity contribution in [3.63, 3.8) is 0 Å². The fraction of sp³-hybridized carbons (Fsp3) is 0.778. The van der Waals surface area contributed by atoms with Crippen LogP contribution in [0.5, 0.6) is 0 Å². The molecule has 0 bridgehead atoms. The average Bonchev–Trinajstić information content (AvgIpc) is 2.52. The molecule has 1 atom stereocenters. The maximum atomic E-state index is 4.09. The smallest absolute Gasteiger partial charge is 0.00172 e. The fourth-order valence-electron chi connectivity index (χ4n) is 1.49. The first-order valence-electron chi connectivity index (χ1n) is 4.37. The Morgan fingerprint density at radius 2 is 2.55 bits per heavy atom. The third-order valence-electron chi connectivity index (χ3n) is 2.33. The Labute approximate surface area is 69.1 Å².